The molecular formula is C21H28N2O3. The fourth-order valence-corrected chi connectivity index (χ4v) is 2.38. The summed E-state index contributed by atoms with van der Waals surface area (Å²) in [5, 5.41) is 16.2. The third-order valence-corrected chi connectivity index (χ3v) is 3.84. The highest BCUT2D eigenvalue weighted by molar-refractivity contribution is 5.41. The second kappa shape index (κ2) is 11.1. The van der Waals surface area contributed by atoms with Crippen LogP contribution in [0.5, 0.6) is 11.5 Å². The highest BCUT2D eigenvalue weighted by Gasteiger charge is 2.05. The predicted molar refractivity (Wildman–Crippen MR) is 104 cm³/mol. The van der Waals surface area contributed by atoms with E-state index in [4.69, 9.17) is 9.47 Å². The molecule has 2 aromatic carbocycles. The summed E-state index contributed by atoms with van der Waals surface area (Å²) in [5.74, 6) is 1.56. The molecule has 5 heteroatoms. The van der Waals surface area contributed by atoms with Gasteiger partial charge in [0.1, 0.15) is 17.2 Å². The molecule has 140 valence electrons. The third-order valence-electron chi connectivity index (χ3n) is 3.84. The van der Waals surface area contributed by atoms with E-state index in [1.54, 1.807) is 36.4 Å². The number of unbranched alkanes of at least 4 members (excludes halogenated alkanes) is 3. The molecule has 0 amide bonds. The van der Waals surface area contributed by atoms with Gasteiger partial charge < -0.3 is 14.7 Å². The van der Waals surface area contributed by atoms with Gasteiger partial charge in [0, 0.05) is 17.2 Å². The molecule has 0 unspecified atom stereocenters. The van der Waals surface area contributed by atoms with E-state index >= 15 is 0 Å². The normalized spacial score (nSPS) is 11.4. The molecule has 0 saturated carbocycles. The molecule has 0 heterocycles. The average molecular weight is 356 g/mol. The Kier molecular flexibility index (Phi) is 8.46. The van der Waals surface area contributed by atoms with Crippen LogP contribution in [0, 0.1) is 5.21 Å². The van der Waals surface area contributed by atoms with Crippen molar-refractivity contribution >= 4 is 11.4 Å². The Morgan fingerprint density at radius 3 is 2.00 bits per heavy atom. The summed E-state index contributed by atoms with van der Waals surface area (Å²) in [6.07, 6.45) is 5.66. The Morgan fingerprint density at radius 2 is 1.38 bits per heavy atom. The molecule has 0 saturated heterocycles. The van der Waals surface area contributed by atoms with Crippen molar-refractivity contribution in [3.63, 3.8) is 0 Å². The number of benzene rings is 2. The van der Waals surface area contributed by atoms with Crippen LogP contribution in [0.15, 0.2) is 53.6 Å². The minimum absolute atomic E-state index is 0.463. The van der Waals surface area contributed by atoms with Gasteiger partial charge in [-0.25, -0.2) is 0 Å². The first-order valence-electron chi connectivity index (χ1n) is 9.37. The van der Waals surface area contributed by atoms with E-state index < -0.39 is 0 Å². The van der Waals surface area contributed by atoms with Crippen molar-refractivity contribution in [3.8, 4) is 11.5 Å². The second-order valence-electron chi connectivity index (χ2n) is 6.12. The van der Waals surface area contributed by atoms with Crippen LogP contribution in [0.3, 0.4) is 0 Å². The molecule has 0 aromatic heterocycles. The second-order valence-corrected chi connectivity index (χ2v) is 6.12. The fourth-order valence-electron chi connectivity index (χ4n) is 2.38. The van der Waals surface area contributed by atoms with Crippen LogP contribution in [0.4, 0.5) is 11.4 Å². The van der Waals surface area contributed by atoms with Gasteiger partial charge in [0.15, 0.2) is 0 Å². The average Bonchev–Trinajstić information content (AvgIpc) is 2.68. The Morgan fingerprint density at radius 1 is 0.769 bits per heavy atom. The quantitative estimate of drug-likeness (QED) is 0.204. The summed E-state index contributed by atoms with van der Waals surface area (Å²) in [7, 11) is 0. The van der Waals surface area contributed by atoms with Crippen LogP contribution in [-0.2, 0) is 0 Å². The van der Waals surface area contributed by atoms with E-state index in [1.807, 2.05) is 12.1 Å². The van der Waals surface area contributed by atoms with Crippen molar-refractivity contribution in [3.05, 3.63) is 53.7 Å². The molecule has 0 aliphatic rings. The largest absolute Gasteiger partial charge is 0.594 e. The van der Waals surface area contributed by atoms with Crippen molar-refractivity contribution in [1.29, 1.82) is 0 Å². The maximum Gasteiger partial charge on any atom is 0.245 e. The highest BCUT2D eigenvalue weighted by atomic mass is 16.5. The highest BCUT2D eigenvalue weighted by Crippen LogP contribution is 2.22. The molecule has 2 rings (SSSR count). The molecule has 0 fully saturated rings. The lowest BCUT2D eigenvalue weighted by Crippen LogP contribution is -1.97. The Hall–Kier alpha value is -2.56. The SMILES string of the molecule is CCCCCCOc1ccc(N=[N+]([O-])c2ccc(OCCC)cc2)cc1. The molecule has 0 aliphatic carbocycles. The van der Waals surface area contributed by atoms with E-state index in [0.29, 0.717) is 22.8 Å². The van der Waals surface area contributed by atoms with Gasteiger partial charge >= 0.3 is 0 Å². The summed E-state index contributed by atoms with van der Waals surface area (Å²) in [5.41, 5.74) is 1.05. The van der Waals surface area contributed by atoms with Gasteiger partial charge in [0.25, 0.3) is 0 Å². The van der Waals surface area contributed by atoms with Gasteiger partial charge in [-0.3, -0.25) is 0 Å². The van der Waals surface area contributed by atoms with Gasteiger partial charge in [0.05, 0.1) is 13.2 Å². The fraction of sp³-hybridized carbons (Fsp3) is 0.429. The van der Waals surface area contributed by atoms with Gasteiger partial charge in [-0.1, -0.05) is 38.0 Å². The minimum atomic E-state index is 0.463. The van der Waals surface area contributed by atoms with Crippen molar-refractivity contribution in [1.82, 2.24) is 0 Å². The maximum absolute atomic E-state index is 12.2. The van der Waals surface area contributed by atoms with Crippen LogP contribution < -0.4 is 9.47 Å². The smallest absolute Gasteiger partial charge is 0.245 e. The van der Waals surface area contributed by atoms with Crippen molar-refractivity contribution in [2.75, 3.05) is 13.2 Å². The molecule has 0 bridgehead atoms. The third kappa shape index (κ3) is 6.75. The standard InChI is InChI=1S/C21H28N2O3/c1-3-5-6-7-17-26-20-12-8-18(9-13-20)22-23(24)19-10-14-21(15-11-19)25-16-4-2/h8-15H,3-7,16-17H2,1-2H3. The van der Waals surface area contributed by atoms with Crippen LogP contribution in [0.2, 0.25) is 0 Å². The lowest BCUT2D eigenvalue weighted by molar-refractivity contribution is -0.435. The molecule has 0 spiro atoms. The zero-order chi connectivity index (χ0) is 18.6. The van der Waals surface area contributed by atoms with Gasteiger partial charge in [-0.2, -0.15) is 0 Å². The molecule has 0 N–H and O–H groups in total. The van der Waals surface area contributed by atoms with E-state index in [0.717, 1.165) is 30.9 Å². The summed E-state index contributed by atoms with van der Waals surface area (Å²) in [6.45, 7) is 5.63. The number of hydrogen-bond acceptors (Lipinski definition) is 4. The van der Waals surface area contributed by atoms with Crippen LogP contribution in [0.25, 0.3) is 0 Å². The van der Waals surface area contributed by atoms with Crippen molar-refractivity contribution < 1.29 is 14.3 Å². The Labute approximate surface area is 155 Å². The lowest BCUT2D eigenvalue weighted by Gasteiger charge is -2.06. The van der Waals surface area contributed by atoms with Crippen LogP contribution in [-0.4, -0.2) is 18.1 Å². The summed E-state index contributed by atoms with van der Waals surface area (Å²) >= 11 is 0. The first-order chi connectivity index (χ1) is 12.7. The summed E-state index contributed by atoms with van der Waals surface area (Å²) in [6, 6.07) is 14.2. The number of ether oxygens (including phenoxy) is 2. The van der Waals surface area contributed by atoms with E-state index in [-0.39, 0.29) is 0 Å². The molecular weight excluding hydrogens is 328 g/mol. The molecule has 26 heavy (non-hydrogen) atoms. The van der Waals surface area contributed by atoms with Gasteiger partial charge in [-0.05, 0) is 49.2 Å². The van der Waals surface area contributed by atoms with E-state index in [1.165, 1.54) is 19.3 Å². The van der Waals surface area contributed by atoms with Gasteiger partial charge in [-0.15, -0.1) is 0 Å². The Bertz CT molecular complexity index is 667. The summed E-state index contributed by atoms with van der Waals surface area (Å²) < 4.78 is 11.2. The maximum atomic E-state index is 12.2. The number of rotatable bonds is 11. The zero-order valence-corrected chi connectivity index (χ0v) is 15.7. The molecule has 5 nitrogen and oxygen atoms in total. The summed E-state index contributed by atoms with van der Waals surface area (Å²) in [4.78, 5) is 0.615. The molecule has 0 atom stereocenters. The topological polar surface area (TPSA) is 56.9 Å². The number of hydrogen-bond donors (Lipinski definition) is 0. The van der Waals surface area contributed by atoms with Crippen LogP contribution >= 0.6 is 0 Å². The molecule has 0 aliphatic heterocycles. The lowest BCUT2D eigenvalue weighted by atomic mass is 10.2. The van der Waals surface area contributed by atoms with Crippen molar-refractivity contribution in [2.24, 2.45) is 5.11 Å². The minimum Gasteiger partial charge on any atom is -0.594 e. The van der Waals surface area contributed by atoms with Crippen LogP contribution in [0.1, 0.15) is 46.0 Å². The van der Waals surface area contributed by atoms with Gasteiger partial charge in [0.2, 0.25) is 5.69 Å². The number of nitrogens with zero attached hydrogens (tertiary/aromatic N) is 2. The molecule has 0 radical (unpaired) electrons. The predicted octanol–water partition coefficient (Wildman–Crippen LogP) is 6.36. The Balaban J connectivity index is 1.89. The molecule has 2 aromatic rings. The van der Waals surface area contributed by atoms with Crippen molar-refractivity contribution in [2.45, 2.75) is 46.0 Å². The number of azo groups is 1. The first-order valence-corrected chi connectivity index (χ1v) is 9.37. The zero-order valence-electron chi connectivity index (χ0n) is 15.7. The van der Waals surface area contributed by atoms with E-state index in [2.05, 4.69) is 19.0 Å². The monoisotopic (exact) mass is 356 g/mol. The first kappa shape index (κ1) is 19.8. The van der Waals surface area contributed by atoms with E-state index in [9.17, 15) is 5.21 Å².